The largest absolute Gasteiger partial charge is 0.442 e. The predicted octanol–water partition coefficient (Wildman–Crippen LogP) is 1.92. The van der Waals surface area contributed by atoms with E-state index in [4.69, 9.17) is 15.2 Å². The lowest BCUT2D eigenvalue weighted by atomic mass is 10.0. The number of carbonyl (C=O) groups is 2. The first-order valence-corrected chi connectivity index (χ1v) is 10.3. The summed E-state index contributed by atoms with van der Waals surface area (Å²) in [6, 6.07) is 5.47. The number of benzene rings is 1. The maximum absolute atomic E-state index is 14.9. The number of anilines is 1. The van der Waals surface area contributed by atoms with Gasteiger partial charge in [-0.1, -0.05) is 6.07 Å². The van der Waals surface area contributed by atoms with Crippen LogP contribution in [0.4, 0.5) is 19.3 Å². The smallest absolute Gasteiger partial charge is 0.414 e. The average Bonchev–Trinajstić information content (AvgIpc) is 3.12. The molecule has 1 aromatic carbocycles. The van der Waals surface area contributed by atoms with E-state index in [0.717, 1.165) is 17.0 Å². The summed E-state index contributed by atoms with van der Waals surface area (Å²) >= 11 is 0. The van der Waals surface area contributed by atoms with E-state index in [1.165, 1.54) is 13.1 Å². The number of ether oxygens (including phenoxy) is 2. The highest BCUT2D eigenvalue weighted by atomic mass is 19.1. The number of carbonyl (C=O) groups excluding carboxylic acids is 2. The maximum Gasteiger partial charge on any atom is 0.414 e. The van der Waals surface area contributed by atoms with Crippen LogP contribution in [0.2, 0.25) is 0 Å². The lowest BCUT2D eigenvalue weighted by molar-refractivity contribution is -0.119. The van der Waals surface area contributed by atoms with Crippen LogP contribution in [0.5, 0.6) is 0 Å². The molecule has 0 bridgehead atoms. The van der Waals surface area contributed by atoms with E-state index in [0.29, 0.717) is 18.9 Å². The fraction of sp³-hybridized carbons (Fsp3) is 0.409. The van der Waals surface area contributed by atoms with Gasteiger partial charge in [0.2, 0.25) is 5.91 Å². The Morgan fingerprint density at radius 3 is 2.56 bits per heavy atom. The van der Waals surface area contributed by atoms with Crippen LogP contribution in [0.1, 0.15) is 12.6 Å². The molecule has 3 fully saturated rings. The minimum Gasteiger partial charge on any atom is -0.442 e. The van der Waals surface area contributed by atoms with Gasteiger partial charge in [0.05, 0.1) is 48.8 Å². The molecule has 168 valence electrons. The van der Waals surface area contributed by atoms with E-state index in [1.807, 2.05) is 0 Å². The van der Waals surface area contributed by atoms with Gasteiger partial charge in [0.1, 0.15) is 17.7 Å². The highest BCUT2D eigenvalue weighted by Crippen LogP contribution is 2.58. The van der Waals surface area contributed by atoms with E-state index in [1.54, 1.807) is 12.1 Å². The number of halogens is 2. The second-order valence-electron chi connectivity index (χ2n) is 8.45. The zero-order valence-corrected chi connectivity index (χ0v) is 17.3. The minimum atomic E-state index is -0.827. The van der Waals surface area contributed by atoms with Crippen molar-refractivity contribution in [2.45, 2.75) is 18.6 Å². The first-order chi connectivity index (χ1) is 15.3. The highest BCUT2D eigenvalue weighted by Gasteiger charge is 2.66. The van der Waals surface area contributed by atoms with Crippen LogP contribution in [0, 0.1) is 23.5 Å². The van der Waals surface area contributed by atoms with Crippen LogP contribution in [-0.4, -0.2) is 49.4 Å². The van der Waals surface area contributed by atoms with Crippen molar-refractivity contribution < 1.29 is 27.8 Å². The number of pyridine rings is 1. The van der Waals surface area contributed by atoms with Gasteiger partial charge < -0.3 is 20.5 Å². The van der Waals surface area contributed by atoms with Gasteiger partial charge in [-0.25, -0.2) is 13.6 Å². The number of cyclic esters (lactones) is 1. The first kappa shape index (κ1) is 20.8. The van der Waals surface area contributed by atoms with Crippen LogP contribution in [0.15, 0.2) is 30.5 Å². The Labute approximate surface area is 182 Å². The molecule has 8 nitrogen and oxygen atoms in total. The molecule has 5 rings (SSSR count). The first-order valence-electron chi connectivity index (χ1n) is 10.3. The summed E-state index contributed by atoms with van der Waals surface area (Å²) in [5, 5.41) is 2.55. The normalized spacial score (nSPS) is 28.4. The second-order valence-corrected chi connectivity index (χ2v) is 8.45. The van der Waals surface area contributed by atoms with Crippen molar-refractivity contribution in [2.75, 3.05) is 31.2 Å². The molecule has 1 saturated carbocycles. The molecule has 3 heterocycles. The minimum absolute atomic E-state index is 0.0374. The molecule has 3 N–H and O–H groups in total. The zero-order chi connectivity index (χ0) is 22.6. The summed E-state index contributed by atoms with van der Waals surface area (Å²) in [6.45, 7) is 2.73. The number of hydrogen-bond acceptors (Lipinski definition) is 6. The Morgan fingerprint density at radius 2 is 1.97 bits per heavy atom. The van der Waals surface area contributed by atoms with Gasteiger partial charge in [-0.2, -0.15) is 0 Å². The topological polar surface area (TPSA) is 107 Å². The number of nitrogens with zero attached hydrogens (tertiary/aromatic N) is 2. The lowest BCUT2D eigenvalue weighted by Gasteiger charge is -2.17. The van der Waals surface area contributed by atoms with Crippen LogP contribution < -0.4 is 16.0 Å². The third-order valence-electron chi connectivity index (χ3n) is 6.49. The Hall–Kier alpha value is -3.11. The summed E-state index contributed by atoms with van der Waals surface area (Å²) in [6.07, 6.45) is 0.0723. The monoisotopic (exact) mass is 444 g/mol. The van der Waals surface area contributed by atoms with Crippen LogP contribution in [0.25, 0.3) is 11.1 Å². The molecule has 32 heavy (non-hydrogen) atoms. The van der Waals surface area contributed by atoms with Crippen LogP contribution in [0.3, 0.4) is 0 Å². The van der Waals surface area contributed by atoms with Crippen molar-refractivity contribution in [3.63, 3.8) is 0 Å². The molecule has 1 aromatic heterocycles. The number of hydrogen-bond donors (Lipinski definition) is 2. The van der Waals surface area contributed by atoms with Crippen molar-refractivity contribution in [2.24, 2.45) is 17.6 Å². The summed E-state index contributed by atoms with van der Waals surface area (Å²) in [4.78, 5) is 28.7. The second kappa shape index (κ2) is 7.49. The van der Waals surface area contributed by atoms with E-state index in [2.05, 4.69) is 10.3 Å². The molecule has 0 spiro atoms. The van der Waals surface area contributed by atoms with Gasteiger partial charge in [0, 0.05) is 30.5 Å². The molecule has 1 aliphatic carbocycles. The summed E-state index contributed by atoms with van der Waals surface area (Å²) in [5.74, 6) is -1.47. The number of nitrogens with two attached hydrogens (primary N) is 1. The standard InChI is InChI=1S/C22H22F2N4O4/c1-11(29)26-7-14-8-28(21(30)32-14)13-4-17(23)20(18(24)5-13)12-2-3-19(27-6-12)22(25)15-9-31-10-16(15)22/h2-6,14-16H,7-10,25H2,1H3,(H,26,29)/t14-,15-,16+,22-/m0/s1. The van der Waals surface area contributed by atoms with Crippen LogP contribution in [-0.2, 0) is 19.8 Å². The number of nitrogens with one attached hydrogen (secondary N) is 1. The number of fused-ring (bicyclic) bond motifs is 1. The Morgan fingerprint density at radius 1 is 1.28 bits per heavy atom. The molecule has 0 radical (unpaired) electrons. The fourth-order valence-electron chi connectivity index (χ4n) is 4.66. The van der Waals surface area contributed by atoms with Crippen molar-refractivity contribution in [3.8, 4) is 11.1 Å². The van der Waals surface area contributed by atoms with Gasteiger partial charge in [-0.3, -0.25) is 14.7 Å². The molecule has 2 aromatic rings. The van der Waals surface area contributed by atoms with Crippen molar-refractivity contribution in [1.82, 2.24) is 10.3 Å². The van der Waals surface area contributed by atoms with E-state index >= 15 is 0 Å². The van der Waals surface area contributed by atoms with E-state index in [9.17, 15) is 18.4 Å². The number of aromatic nitrogens is 1. The van der Waals surface area contributed by atoms with Crippen LogP contribution >= 0.6 is 0 Å². The van der Waals surface area contributed by atoms with Crippen molar-refractivity contribution >= 4 is 17.7 Å². The summed E-state index contributed by atoms with van der Waals surface area (Å²) in [5.41, 5.74) is 6.67. The molecule has 0 unspecified atom stereocenters. The highest BCUT2D eigenvalue weighted by molar-refractivity contribution is 5.90. The fourth-order valence-corrected chi connectivity index (χ4v) is 4.66. The predicted molar refractivity (Wildman–Crippen MR) is 110 cm³/mol. The molecule has 2 saturated heterocycles. The van der Waals surface area contributed by atoms with Crippen molar-refractivity contribution in [1.29, 1.82) is 0 Å². The van der Waals surface area contributed by atoms with Gasteiger partial charge in [-0.05, 0) is 18.2 Å². The van der Waals surface area contributed by atoms with E-state index < -0.39 is 29.4 Å². The maximum atomic E-state index is 14.9. The summed E-state index contributed by atoms with van der Waals surface area (Å²) < 4.78 is 40.4. The summed E-state index contributed by atoms with van der Waals surface area (Å²) in [7, 11) is 0. The number of amides is 2. The third-order valence-corrected chi connectivity index (χ3v) is 6.49. The lowest BCUT2D eigenvalue weighted by Crippen LogP contribution is -2.33. The molecular weight excluding hydrogens is 422 g/mol. The Bertz CT molecular complexity index is 1060. The van der Waals surface area contributed by atoms with Gasteiger partial charge in [0.25, 0.3) is 0 Å². The SMILES string of the molecule is CC(=O)NC[C@H]1CN(c2cc(F)c(-c3ccc([C@@]4(N)[C@@H]5COC[C@@H]54)nc3)c(F)c2)C(=O)O1. The Kier molecular flexibility index (Phi) is 4.86. The third kappa shape index (κ3) is 3.30. The molecular formula is C22H22F2N4O4. The van der Waals surface area contributed by atoms with Gasteiger partial charge >= 0.3 is 6.09 Å². The molecule has 2 amide bonds. The average molecular weight is 444 g/mol. The zero-order valence-electron chi connectivity index (χ0n) is 17.3. The molecule has 4 atom stereocenters. The molecule has 10 heteroatoms. The quantitative estimate of drug-likeness (QED) is 0.730. The van der Waals surface area contributed by atoms with Gasteiger partial charge in [-0.15, -0.1) is 0 Å². The molecule has 2 aliphatic heterocycles. The van der Waals surface area contributed by atoms with E-state index in [-0.39, 0.29) is 47.6 Å². The Balaban J connectivity index is 1.35. The van der Waals surface area contributed by atoms with Crippen molar-refractivity contribution in [3.05, 3.63) is 47.8 Å². The number of rotatable bonds is 5. The molecule has 3 aliphatic rings. The van der Waals surface area contributed by atoms with Gasteiger partial charge in [0.15, 0.2) is 0 Å².